The van der Waals surface area contributed by atoms with Gasteiger partial charge in [-0.25, -0.2) is 4.68 Å². The summed E-state index contributed by atoms with van der Waals surface area (Å²) in [5.74, 6) is -0.363. The molecule has 0 spiro atoms. The van der Waals surface area contributed by atoms with E-state index in [2.05, 4.69) is 25.8 Å². The second-order valence-electron chi connectivity index (χ2n) is 6.74. The molecule has 9 nitrogen and oxygen atoms in total. The molecule has 2 aromatic rings. The number of H-pyrrole nitrogens is 1. The number of carbonyl (C=O) groups excluding carboxylic acids is 2. The summed E-state index contributed by atoms with van der Waals surface area (Å²) >= 11 is 0. The molecule has 3 rings (SSSR count). The number of hydrogen-bond acceptors (Lipinski definition) is 5. The van der Waals surface area contributed by atoms with Gasteiger partial charge in [0.15, 0.2) is 5.69 Å². The first-order valence-electron chi connectivity index (χ1n) is 9.63. The monoisotopic (exact) mass is 373 g/mol. The number of carbonyl (C=O) groups is 2. The number of fused-ring (bicyclic) bond motifs is 1. The normalized spacial score (nSPS) is 13.7. The fourth-order valence-electron chi connectivity index (χ4n) is 3.42. The van der Waals surface area contributed by atoms with Crippen molar-refractivity contribution >= 4 is 11.8 Å². The molecule has 0 aromatic carbocycles. The summed E-state index contributed by atoms with van der Waals surface area (Å²) < 4.78 is 1.40. The summed E-state index contributed by atoms with van der Waals surface area (Å²) in [4.78, 5) is 26.2. The van der Waals surface area contributed by atoms with Crippen LogP contribution in [0.15, 0.2) is 6.20 Å². The zero-order chi connectivity index (χ0) is 19.2. The average molecular weight is 373 g/mol. The van der Waals surface area contributed by atoms with Gasteiger partial charge in [0.1, 0.15) is 6.54 Å². The van der Waals surface area contributed by atoms with Crippen LogP contribution >= 0.6 is 0 Å². The Bertz CT molecular complexity index is 791. The lowest BCUT2D eigenvalue weighted by Crippen LogP contribution is -2.33. The third-order valence-corrected chi connectivity index (χ3v) is 4.99. The largest absolute Gasteiger partial charge is 0.345 e. The summed E-state index contributed by atoms with van der Waals surface area (Å²) in [6.45, 7) is 5.58. The summed E-state index contributed by atoms with van der Waals surface area (Å²) in [6, 6.07) is 0. The van der Waals surface area contributed by atoms with E-state index in [0.717, 1.165) is 25.0 Å². The highest BCUT2D eigenvalue weighted by Crippen LogP contribution is 2.21. The van der Waals surface area contributed by atoms with E-state index < -0.39 is 0 Å². The maximum Gasteiger partial charge on any atom is 0.273 e. The van der Waals surface area contributed by atoms with Crippen LogP contribution in [0.2, 0.25) is 0 Å². The smallest absolute Gasteiger partial charge is 0.273 e. The van der Waals surface area contributed by atoms with Gasteiger partial charge in [-0.3, -0.25) is 14.7 Å². The third-order valence-electron chi connectivity index (χ3n) is 4.99. The van der Waals surface area contributed by atoms with E-state index >= 15 is 0 Å². The molecule has 2 amide bonds. The Balaban J connectivity index is 1.57. The number of amides is 2. The molecule has 27 heavy (non-hydrogen) atoms. The lowest BCUT2D eigenvalue weighted by molar-refractivity contribution is -0.131. The number of nitrogens with zero attached hydrogens (tertiary/aromatic N) is 5. The number of hydrogen-bond donors (Lipinski definition) is 2. The second kappa shape index (κ2) is 8.79. The van der Waals surface area contributed by atoms with E-state index in [0.29, 0.717) is 19.6 Å². The molecular formula is C18H27N7O2. The molecule has 9 heteroatoms. The molecule has 146 valence electrons. The van der Waals surface area contributed by atoms with Crippen LogP contribution in [-0.4, -0.2) is 55.0 Å². The summed E-state index contributed by atoms with van der Waals surface area (Å²) in [7, 11) is 0. The highest BCUT2D eigenvalue weighted by molar-refractivity contribution is 5.91. The molecule has 1 aliphatic rings. The van der Waals surface area contributed by atoms with Gasteiger partial charge >= 0.3 is 0 Å². The Morgan fingerprint density at radius 1 is 1.22 bits per heavy atom. The molecule has 0 saturated heterocycles. The van der Waals surface area contributed by atoms with Crippen LogP contribution < -0.4 is 5.32 Å². The minimum absolute atomic E-state index is 0.0453. The summed E-state index contributed by atoms with van der Waals surface area (Å²) in [5, 5.41) is 18.1. The van der Waals surface area contributed by atoms with Gasteiger partial charge in [0, 0.05) is 18.8 Å². The Morgan fingerprint density at radius 2 is 2.00 bits per heavy atom. The molecular weight excluding hydrogens is 346 g/mol. The Morgan fingerprint density at radius 3 is 2.78 bits per heavy atom. The maximum atomic E-state index is 12.4. The SMILES string of the molecule is CCN(CC)C(=O)Cn1cc(C(=O)NCc2n[nH]c3c2CCCCC3)nn1. The maximum absolute atomic E-state index is 12.4. The Kier molecular flexibility index (Phi) is 6.20. The topological polar surface area (TPSA) is 109 Å². The summed E-state index contributed by atoms with van der Waals surface area (Å²) in [6.07, 6.45) is 7.08. The minimum atomic E-state index is -0.318. The van der Waals surface area contributed by atoms with Crippen molar-refractivity contribution in [2.75, 3.05) is 13.1 Å². The van der Waals surface area contributed by atoms with E-state index in [1.54, 1.807) is 4.90 Å². The van der Waals surface area contributed by atoms with Crippen LogP contribution in [0, 0.1) is 0 Å². The van der Waals surface area contributed by atoms with Gasteiger partial charge in [0.05, 0.1) is 18.4 Å². The quantitative estimate of drug-likeness (QED) is 0.706. The van der Waals surface area contributed by atoms with Gasteiger partial charge in [-0.2, -0.15) is 5.10 Å². The van der Waals surface area contributed by atoms with Crippen LogP contribution in [0.4, 0.5) is 0 Å². The van der Waals surface area contributed by atoms with E-state index in [9.17, 15) is 9.59 Å². The van der Waals surface area contributed by atoms with Crippen LogP contribution in [0.25, 0.3) is 0 Å². The number of likely N-dealkylation sites (N-methyl/N-ethyl adjacent to an activating group) is 1. The minimum Gasteiger partial charge on any atom is -0.345 e. The molecule has 2 aromatic heterocycles. The molecule has 2 heterocycles. The molecule has 1 aliphatic carbocycles. The zero-order valence-electron chi connectivity index (χ0n) is 16.0. The molecule has 0 unspecified atom stereocenters. The van der Waals surface area contributed by atoms with Crippen LogP contribution in [0.1, 0.15) is 60.5 Å². The first-order valence-corrected chi connectivity index (χ1v) is 9.63. The molecule has 0 bridgehead atoms. The van der Waals surface area contributed by atoms with Crippen molar-refractivity contribution in [2.24, 2.45) is 0 Å². The van der Waals surface area contributed by atoms with E-state index in [1.807, 2.05) is 13.8 Å². The lowest BCUT2D eigenvalue weighted by Gasteiger charge is -2.17. The molecule has 2 N–H and O–H groups in total. The number of aromatic nitrogens is 5. The van der Waals surface area contributed by atoms with Crippen LogP contribution in [0.3, 0.4) is 0 Å². The fraction of sp³-hybridized carbons (Fsp3) is 0.611. The molecule has 0 saturated carbocycles. The van der Waals surface area contributed by atoms with E-state index in [4.69, 9.17) is 0 Å². The van der Waals surface area contributed by atoms with E-state index in [-0.39, 0.29) is 24.1 Å². The van der Waals surface area contributed by atoms with Crippen molar-refractivity contribution in [1.29, 1.82) is 0 Å². The number of nitrogens with one attached hydrogen (secondary N) is 2. The zero-order valence-corrected chi connectivity index (χ0v) is 16.0. The third kappa shape index (κ3) is 4.53. The summed E-state index contributed by atoms with van der Waals surface area (Å²) in [5.41, 5.74) is 3.52. The number of aryl methyl sites for hydroxylation is 1. The van der Waals surface area contributed by atoms with Gasteiger partial charge in [0.25, 0.3) is 5.91 Å². The molecule has 0 fully saturated rings. The van der Waals surface area contributed by atoms with Crippen molar-refractivity contribution in [2.45, 2.75) is 59.0 Å². The van der Waals surface area contributed by atoms with Gasteiger partial charge in [-0.05, 0) is 45.1 Å². The fourth-order valence-corrected chi connectivity index (χ4v) is 3.42. The van der Waals surface area contributed by atoms with Crippen molar-refractivity contribution in [3.63, 3.8) is 0 Å². The highest BCUT2D eigenvalue weighted by Gasteiger charge is 2.18. The van der Waals surface area contributed by atoms with Crippen molar-refractivity contribution in [3.8, 4) is 0 Å². The van der Waals surface area contributed by atoms with Crippen LogP contribution in [-0.2, 0) is 30.7 Å². The highest BCUT2D eigenvalue weighted by atomic mass is 16.2. The standard InChI is InChI=1S/C18H27N7O2/c1-3-24(4-2)17(26)12-25-11-16(22-23-25)18(27)19-10-15-13-8-6-5-7-9-14(13)20-21-15/h11H,3-10,12H2,1-2H3,(H,19,27)(H,20,21). The lowest BCUT2D eigenvalue weighted by atomic mass is 10.1. The first kappa shape index (κ1) is 19.1. The van der Waals surface area contributed by atoms with Crippen molar-refractivity contribution in [3.05, 3.63) is 28.8 Å². The Hall–Kier alpha value is -2.71. The van der Waals surface area contributed by atoms with Crippen molar-refractivity contribution in [1.82, 2.24) is 35.4 Å². The predicted octanol–water partition coefficient (Wildman–Crippen LogP) is 1.07. The first-order chi connectivity index (χ1) is 13.1. The number of rotatable bonds is 7. The number of aromatic amines is 1. The molecule has 0 aliphatic heterocycles. The van der Waals surface area contributed by atoms with Gasteiger partial charge in [0.2, 0.25) is 5.91 Å². The van der Waals surface area contributed by atoms with Crippen LogP contribution in [0.5, 0.6) is 0 Å². The molecule has 0 radical (unpaired) electrons. The second-order valence-corrected chi connectivity index (χ2v) is 6.74. The van der Waals surface area contributed by atoms with Crippen molar-refractivity contribution < 1.29 is 9.59 Å². The molecule has 0 atom stereocenters. The Labute approximate surface area is 158 Å². The van der Waals surface area contributed by atoms with Gasteiger partial charge in [-0.1, -0.05) is 11.6 Å². The van der Waals surface area contributed by atoms with E-state index in [1.165, 1.54) is 35.0 Å². The predicted molar refractivity (Wildman–Crippen MR) is 99.0 cm³/mol. The average Bonchev–Trinajstić information content (AvgIpc) is 3.21. The van der Waals surface area contributed by atoms with Gasteiger partial charge in [-0.15, -0.1) is 5.10 Å². The van der Waals surface area contributed by atoms with Gasteiger partial charge < -0.3 is 10.2 Å².